The van der Waals surface area contributed by atoms with Crippen LogP contribution in [0.5, 0.6) is 5.75 Å². The third-order valence-corrected chi connectivity index (χ3v) is 5.86. The molecule has 0 bridgehead atoms. The molecule has 1 aliphatic rings. The van der Waals surface area contributed by atoms with Crippen molar-refractivity contribution in [2.24, 2.45) is 7.05 Å². The van der Waals surface area contributed by atoms with Gasteiger partial charge in [-0.05, 0) is 46.2 Å². The lowest BCUT2D eigenvalue weighted by atomic mass is 9.78. The van der Waals surface area contributed by atoms with Gasteiger partial charge in [-0.3, -0.25) is 4.79 Å². The van der Waals surface area contributed by atoms with Crippen molar-refractivity contribution in [1.29, 1.82) is 0 Å². The van der Waals surface area contributed by atoms with Crippen LogP contribution in [-0.4, -0.2) is 53.1 Å². The van der Waals surface area contributed by atoms with E-state index in [-0.39, 0.29) is 22.8 Å². The Balaban J connectivity index is 1.53. The van der Waals surface area contributed by atoms with E-state index >= 15 is 4.39 Å². The molecule has 0 aliphatic carbocycles. The van der Waals surface area contributed by atoms with Crippen molar-refractivity contribution >= 4 is 5.95 Å². The third kappa shape index (κ3) is 4.70. The molecule has 3 N–H and O–H groups in total. The largest absolute Gasteiger partial charge is 0.507 e. The van der Waals surface area contributed by atoms with Crippen LogP contribution >= 0.6 is 0 Å². The Bertz CT molecular complexity index is 1220. The highest BCUT2D eigenvalue weighted by Crippen LogP contribution is 2.33. The molecule has 9 nitrogen and oxygen atoms in total. The summed E-state index contributed by atoms with van der Waals surface area (Å²) in [6, 6.07) is 5.84. The molecule has 0 radical (unpaired) electrons. The van der Waals surface area contributed by atoms with Gasteiger partial charge in [0.15, 0.2) is 0 Å². The van der Waals surface area contributed by atoms with Crippen LogP contribution in [0.15, 0.2) is 41.6 Å². The SMILES string of the molecule is Cn1cnc(-c2ccc(-c3cnc(NC4CC(C)(C)NC(C)(C)[C@H]4F)nn3)c(O)c2)cc1=O. The van der Waals surface area contributed by atoms with Gasteiger partial charge in [-0.15, -0.1) is 10.2 Å². The first-order valence-electron chi connectivity index (χ1n) is 10.7. The molecule has 3 heterocycles. The molecule has 1 aromatic carbocycles. The van der Waals surface area contributed by atoms with E-state index in [1.165, 1.54) is 29.2 Å². The molecule has 10 heteroatoms. The van der Waals surface area contributed by atoms with Crippen LogP contribution in [0.1, 0.15) is 34.1 Å². The quantitative estimate of drug-likeness (QED) is 0.552. The standard InChI is InChI=1S/C23H28FN7O2/c1-22(2)10-16(20(24)23(3,4)30-22)27-21-25-11-17(28-29-21)14-7-6-13(8-18(14)32)15-9-19(33)31(5)12-26-15/h6-9,11-12,16,20,30,32H,10H2,1-5H3,(H,25,27,29)/t16?,20-/m0/s1. The molecule has 1 unspecified atom stereocenters. The van der Waals surface area contributed by atoms with Crippen LogP contribution in [0.2, 0.25) is 0 Å². The highest BCUT2D eigenvalue weighted by atomic mass is 19.1. The third-order valence-electron chi connectivity index (χ3n) is 5.86. The minimum absolute atomic E-state index is 0.0440. The summed E-state index contributed by atoms with van der Waals surface area (Å²) in [5.41, 5.74) is 0.708. The smallest absolute Gasteiger partial charge is 0.253 e. The Morgan fingerprint density at radius 2 is 1.91 bits per heavy atom. The van der Waals surface area contributed by atoms with Crippen LogP contribution in [-0.2, 0) is 7.05 Å². The number of halogens is 1. The summed E-state index contributed by atoms with van der Waals surface area (Å²) in [5.74, 6) is 0.179. The molecule has 1 aliphatic heterocycles. The molecule has 0 spiro atoms. The lowest BCUT2D eigenvalue weighted by Crippen LogP contribution is -2.67. The van der Waals surface area contributed by atoms with Gasteiger partial charge in [0.2, 0.25) is 5.95 Å². The number of hydrogen-bond donors (Lipinski definition) is 3. The number of phenolic OH excluding ortho intramolecular Hbond substituents is 1. The van der Waals surface area contributed by atoms with E-state index < -0.39 is 17.8 Å². The number of alkyl halides is 1. The summed E-state index contributed by atoms with van der Waals surface area (Å²) in [5, 5.41) is 25.2. The van der Waals surface area contributed by atoms with Crippen molar-refractivity contribution in [3.63, 3.8) is 0 Å². The highest BCUT2D eigenvalue weighted by Gasteiger charge is 2.46. The Kier molecular flexibility index (Phi) is 5.65. The second-order valence-corrected chi connectivity index (χ2v) is 9.71. The normalized spacial score (nSPS) is 21.5. The van der Waals surface area contributed by atoms with Crippen molar-refractivity contribution in [1.82, 2.24) is 30.0 Å². The summed E-state index contributed by atoms with van der Waals surface area (Å²) in [6.07, 6.45) is 2.32. The number of hydrogen-bond acceptors (Lipinski definition) is 8. The van der Waals surface area contributed by atoms with E-state index in [4.69, 9.17) is 0 Å². The van der Waals surface area contributed by atoms with E-state index in [0.29, 0.717) is 28.9 Å². The van der Waals surface area contributed by atoms with Gasteiger partial charge >= 0.3 is 0 Å². The number of aryl methyl sites for hydroxylation is 1. The molecule has 174 valence electrons. The van der Waals surface area contributed by atoms with E-state index in [2.05, 4.69) is 30.8 Å². The van der Waals surface area contributed by atoms with Gasteiger partial charge in [0, 0.05) is 35.3 Å². The fourth-order valence-electron chi connectivity index (χ4n) is 4.43. The Labute approximate surface area is 191 Å². The first kappa shape index (κ1) is 22.8. The lowest BCUT2D eigenvalue weighted by Gasteiger charge is -2.48. The molecule has 1 fully saturated rings. The lowest BCUT2D eigenvalue weighted by molar-refractivity contribution is 0.0654. The summed E-state index contributed by atoms with van der Waals surface area (Å²) in [4.78, 5) is 20.4. The Hall–Kier alpha value is -3.40. The molecule has 2 atom stereocenters. The van der Waals surface area contributed by atoms with Gasteiger partial charge in [-0.2, -0.15) is 0 Å². The van der Waals surface area contributed by atoms with Crippen molar-refractivity contribution in [2.45, 2.75) is 57.4 Å². The number of anilines is 1. The predicted octanol–water partition coefficient (Wildman–Crippen LogP) is 2.67. The molecule has 4 rings (SSSR count). The topological polar surface area (TPSA) is 118 Å². The summed E-state index contributed by atoms with van der Waals surface area (Å²) in [7, 11) is 1.62. The fraction of sp³-hybridized carbons (Fsp3) is 0.435. The van der Waals surface area contributed by atoms with Crippen LogP contribution in [0, 0.1) is 0 Å². The zero-order valence-electron chi connectivity index (χ0n) is 19.3. The molecule has 1 saturated heterocycles. The highest BCUT2D eigenvalue weighted by molar-refractivity contribution is 5.72. The van der Waals surface area contributed by atoms with Gasteiger partial charge in [-0.1, -0.05) is 6.07 Å². The average Bonchev–Trinajstić information content (AvgIpc) is 2.73. The number of phenols is 1. The minimum Gasteiger partial charge on any atom is -0.507 e. The number of benzene rings is 1. The van der Waals surface area contributed by atoms with E-state index in [0.717, 1.165) is 0 Å². The first-order chi connectivity index (χ1) is 15.4. The number of nitrogens with zero attached hydrogens (tertiary/aromatic N) is 5. The van der Waals surface area contributed by atoms with E-state index in [1.54, 1.807) is 19.2 Å². The maximum atomic E-state index is 15.0. The van der Waals surface area contributed by atoms with Crippen LogP contribution in [0.3, 0.4) is 0 Å². The number of aromatic nitrogens is 5. The maximum Gasteiger partial charge on any atom is 0.253 e. The molecule has 0 amide bonds. The molecule has 0 saturated carbocycles. The summed E-state index contributed by atoms with van der Waals surface area (Å²) >= 11 is 0. The van der Waals surface area contributed by atoms with Crippen molar-refractivity contribution in [3.05, 3.63) is 47.1 Å². The number of nitrogens with one attached hydrogen (secondary N) is 2. The summed E-state index contributed by atoms with van der Waals surface area (Å²) < 4.78 is 16.4. The molecule has 3 aromatic rings. The zero-order chi connectivity index (χ0) is 24.0. The van der Waals surface area contributed by atoms with Crippen molar-refractivity contribution in [2.75, 3.05) is 5.32 Å². The molecular weight excluding hydrogens is 425 g/mol. The van der Waals surface area contributed by atoms with Gasteiger partial charge in [0.1, 0.15) is 17.6 Å². The van der Waals surface area contributed by atoms with Gasteiger partial charge < -0.3 is 20.3 Å². The number of piperidine rings is 1. The van der Waals surface area contributed by atoms with Crippen molar-refractivity contribution < 1.29 is 9.50 Å². The molecule has 2 aromatic heterocycles. The number of aromatic hydroxyl groups is 1. The van der Waals surface area contributed by atoms with E-state index in [1.807, 2.05) is 27.7 Å². The van der Waals surface area contributed by atoms with Gasteiger partial charge in [0.05, 0.1) is 24.3 Å². The summed E-state index contributed by atoms with van der Waals surface area (Å²) in [6.45, 7) is 7.75. The Morgan fingerprint density at radius 3 is 2.55 bits per heavy atom. The monoisotopic (exact) mass is 453 g/mol. The van der Waals surface area contributed by atoms with Crippen LogP contribution < -0.4 is 16.2 Å². The molecule has 33 heavy (non-hydrogen) atoms. The van der Waals surface area contributed by atoms with Crippen LogP contribution in [0.25, 0.3) is 22.5 Å². The van der Waals surface area contributed by atoms with E-state index in [9.17, 15) is 9.90 Å². The average molecular weight is 454 g/mol. The van der Waals surface area contributed by atoms with Gasteiger partial charge in [-0.25, -0.2) is 14.4 Å². The first-order valence-corrected chi connectivity index (χ1v) is 10.7. The van der Waals surface area contributed by atoms with Crippen molar-refractivity contribution in [3.8, 4) is 28.3 Å². The second-order valence-electron chi connectivity index (χ2n) is 9.71. The predicted molar refractivity (Wildman–Crippen MR) is 124 cm³/mol. The zero-order valence-corrected chi connectivity index (χ0v) is 19.3. The minimum atomic E-state index is -1.14. The second kappa shape index (κ2) is 8.18. The van der Waals surface area contributed by atoms with Crippen LogP contribution in [0.4, 0.5) is 10.3 Å². The maximum absolute atomic E-state index is 15.0. The number of rotatable bonds is 4. The molecular formula is C23H28FN7O2. The Morgan fingerprint density at radius 1 is 1.15 bits per heavy atom. The van der Waals surface area contributed by atoms with Gasteiger partial charge in [0.25, 0.3) is 5.56 Å². The fourth-order valence-corrected chi connectivity index (χ4v) is 4.43.